The Morgan fingerprint density at radius 2 is 1.70 bits per heavy atom. The molecule has 2 N–H and O–H groups in total. The number of ether oxygens (including phenoxy) is 3. The van der Waals surface area contributed by atoms with Gasteiger partial charge >= 0.3 is 0 Å². The number of benzene rings is 1. The van der Waals surface area contributed by atoms with Crippen molar-refractivity contribution in [1.82, 2.24) is 15.2 Å². The van der Waals surface area contributed by atoms with Gasteiger partial charge in [-0.15, -0.1) is 24.0 Å². The molecular formula is C19H29IN4O3. The van der Waals surface area contributed by atoms with Gasteiger partial charge in [0.05, 0.1) is 27.9 Å². The molecule has 7 nitrogen and oxygen atoms in total. The van der Waals surface area contributed by atoms with Gasteiger partial charge in [-0.2, -0.15) is 0 Å². The highest BCUT2D eigenvalue weighted by atomic mass is 127. The van der Waals surface area contributed by atoms with Crippen LogP contribution in [0.15, 0.2) is 41.7 Å². The lowest BCUT2D eigenvalue weighted by atomic mass is 10.1. The monoisotopic (exact) mass is 488 g/mol. The maximum Gasteiger partial charge on any atom is 0.203 e. The normalized spacial score (nSPS) is 10.7. The van der Waals surface area contributed by atoms with E-state index in [1.165, 1.54) is 0 Å². The van der Waals surface area contributed by atoms with Crippen molar-refractivity contribution < 1.29 is 14.2 Å². The molecule has 27 heavy (non-hydrogen) atoms. The van der Waals surface area contributed by atoms with Crippen molar-refractivity contribution in [3.05, 3.63) is 42.2 Å². The molecule has 0 aliphatic heterocycles. The average Bonchev–Trinajstić information content (AvgIpc) is 3.18. The van der Waals surface area contributed by atoms with Crippen LogP contribution in [0.4, 0.5) is 0 Å². The molecule has 2 aromatic rings. The van der Waals surface area contributed by atoms with Crippen molar-refractivity contribution in [3.8, 4) is 17.2 Å². The number of nitrogens with zero attached hydrogens (tertiary/aromatic N) is 2. The fourth-order valence-electron chi connectivity index (χ4n) is 2.62. The van der Waals surface area contributed by atoms with E-state index in [0.717, 1.165) is 31.2 Å². The SMILES string of the molecule is CCNC(=NCc1ccc(OC)c(OC)c1OC)NCCn1cccc1.I. The van der Waals surface area contributed by atoms with Gasteiger partial charge in [-0.1, -0.05) is 0 Å². The molecule has 0 atom stereocenters. The Bertz CT molecular complexity index is 705. The summed E-state index contributed by atoms with van der Waals surface area (Å²) in [5, 5.41) is 6.59. The Morgan fingerprint density at radius 1 is 1.00 bits per heavy atom. The first-order chi connectivity index (χ1) is 12.7. The average molecular weight is 488 g/mol. The highest BCUT2D eigenvalue weighted by Crippen LogP contribution is 2.39. The minimum Gasteiger partial charge on any atom is -0.493 e. The van der Waals surface area contributed by atoms with Gasteiger partial charge in [0, 0.05) is 37.6 Å². The lowest BCUT2D eigenvalue weighted by Gasteiger charge is -2.16. The lowest BCUT2D eigenvalue weighted by molar-refractivity contribution is 0.322. The van der Waals surface area contributed by atoms with E-state index in [1.54, 1.807) is 21.3 Å². The minimum absolute atomic E-state index is 0. The number of aliphatic imine (C=N–C) groups is 1. The molecule has 0 radical (unpaired) electrons. The second-order valence-corrected chi connectivity index (χ2v) is 5.54. The lowest BCUT2D eigenvalue weighted by Crippen LogP contribution is -2.38. The molecule has 0 amide bonds. The number of hydrogen-bond acceptors (Lipinski definition) is 4. The Balaban J connectivity index is 0.00000364. The number of aromatic nitrogens is 1. The summed E-state index contributed by atoms with van der Waals surface area (Å²) in [6.45, 7) is 4.95. The fraction of sp³-hybridized carbons (Fsp3) is 0.421. The van der Waals surface area contributed by atoms with E-state index in [2.05, 4.69) is 20.2 Å². The number of guanidine groups is 1. The van der Waals surface area contributed by atoms with Crippen LogP contribution in [0.25, 0.3) is 0 Å². The standard InChI is InChI=1S/C19H28N4O3.HI/c1-5-20-19(21-10-13-23-11-6-7-12-23)22-14-15-8-9-16(24-2)18(26-4)17(15)25-3;/h6-9,11-12H,5,10,13-14H2,1-4H3,(H2,20,21,22);1H. The number of hydrogen-bond donors (Lipinski definition) is 2. The Kier molecular flexibility index (Phi) is 10.5. The molecule has 0 spiro atoms. The summed E-state index contributed by atoms with van der Waals surface area (Å²) in [7, 11) is 4.82. The van der Waals surface area contributed by atoms with Gasteiger partial charge in [-0.3, -0.25) is 0 Å². The summed E-state index contributed by atoms with van der Waals surface area (Å²) in [6.07, 6.45) is 4.08. The number of rotatable bonds is 9. The molecule has 0 aliphatic carbocycles. The van der Waals surface area contributed by atoms with E-state index in [1.807, 2.05) is 43.6 Å². The number of methoxy groups -OCH3 is 3. The van der Waals surface area contributed by atoms with Gasteiger partial charge in [-0.25, -0.2) is 4.99 Å². The van der Waals surface area contributed by atoms with E-state index in [4.69, 9.17) is 14.2 Å². The zero-order valence-corrected chi connectivity index (χ0v) is 18.7. The maximum atomic E-state index is 5.51. The quantitative estimate of drug-likeness (QED) is 0.323. The van der Waals surface area contributed by atoms with Crippen LogP contribution in [0.5, 0.6) is 17.2 Å². The van der Waals surface area contributed by atoms with E-state index in [9.17, 15) is 0 Å². The molecule has 0 saturated carbocycles. The third-order valence-corrected chi connectivity index (χ3v) is 3.87. The smallest absolute Gasteiger partial charge is 0.203 e. The maximum absolute atomic E-state index is 5.51. The Hall–Kier alpha value is -2.10. The van der Waals surface area contributed by atoms with Gasteiger partial charge in [0.1, 0.15) is 0 Å². The zero-order chi connectivity index (χ0) is 18.8. The van der Waals surface area contributed by atoms with E-state index in [-0.39, 0.29) is 24.0 Å². The van der Waals surface area contributed by atoms with Crippen LogP contribution in [0.3, 0.4) is 0 Å². The largest absolute Gasteiger partial charge is 0.493 e. The summed E-state index contributed by atoms with van der Waals surface area (Å²) in [4.78, 5) is 4.65. The van der Waals surface area contributed by atoms with E-state index >= 15 is 0 Å². The van der Waals surface area contributed by atoms with Crippen molar-refractivity contribution in [2.24, 2.45) is 4.99 Å². The molecule has 150 valence electrons. The second-order valence-electron chi connectivity index (χ2n) is 5.54. The van der Waals surface area contributed by atoms with Crippen molar-refractivity contribution in [2.75, 3.05) is 34.4 Å². The van der Waals surface area contributed by atoms with Gasteiger partial charge in [0.15, 0.2) is 17.5 Å². The Labute approximate surface area is 178 Å². The summed E-state index contributed by atoms with van der Waals surface area (Å²) in [5.74, 6) is 2.61. The van der Waals surface area contributed by atoms with Crippen molar-refractivity contribution in [2.45, 2.75) is 20.0 Å². The molecular weight excluding hydrogens is 459 g/mol. The zero-order valence-electron chi connectivity index (χ0n) is 16.3. The number of halogens is 1. The highest BCUT2D eigenvalue weighted by molar-refractivity contribution is 14.0. The van der Waals surface area contributed by atoms with Crippen LogP contribution < -0.4 is 24.8 Å². The second kappa shape index (κ2) is 12.3. The molecule has 1 aromatic heterocycles. The van der Waals surface area contributed by atoms with E-state index in [0.29, 0.717) is 23.8 Å². The first-order valence-electron chi connectivity index (χ1n) is 8.64. The molecule has 1 heterocycles. The Morgan fingerprint density at radius 3 is 2.30 bits per heavy atom. The minimum atomic E-state index is 0. The van der Waals surface area contributed by atoms with Gasteiger partial charge in [0.25, 0.3) is 0 Å². The predicted molar refractivity (Wildman–Crippen MR) is 119 cm³/mol. The van der Waals surface area contributed by atoms with Gasteiger partial charge in [0.2, 0.25) is 5.75 Å². The molecule has 0 saturated heterocycles. The number of nitrogens with one attached hydrogen (secondary N) is 2. The summed E-state index contributed by atoms with van der Waals surface area (Å²) >= 11 is 0. The molecule has 1 aromatic carbocycles. The fourth-order valence-corrected chi connectivity index (χ4v) is 2.62. The van der Waals surface area contributed by atoms with Crippen LogP contribution in [-0.2, 0) is 13.1 Å². The van der Waals surface area contributed by atoms with Gasteiger partial charge in [-0.05, 0) is 31.2 Å². The molecule has 0 unspecified atom stereocenters. The van der Waals surface area contributed by atoms with Crippen LogP contribution in [0, 0.1) is 0 Å². The predicted octanol–water partition coefficient (Wildman–Crippen LogP) is 2.89. The third kappa shape index (κ3) is 6.53. The van der Waals surface area contributed by atoms with Crippen LogP contribution in [0.1, 0.15) is 12.5 Å². The first-order valence-corrected chi connectivity index (χ1v) is 8.64. The van der Waals surface area contributed by atoms with Crippen LogP contribution in [0.2, 0.25) is 0 Å². The summed E-state index contributed by atoms with van der Waals surface area (Å²) in [6, 6.07) is 7.83. The topological polar surface area (TPSA) is 69.0 Å². The first kappa shape index (κ1) is 22.9. The van der Waals surface area contributed by atoms with Crippen LogP contribution >= 0.6 is 24.0 Å². The summed E-state index contributed by atoms with van der Waals surface area (Å²) in [5.41, 5.74) is 0.924. The molecule has 0 fully saturated rings. The van der Waals surface area contributed by atoms with Crippen molar-refractivity contribution in [3.63, 3.8) is 0 Å². The third-order valence-electron chi connectivity index (χ3n) is 3.87. The van der Waals surface area contributed by atoms with Crippen molar-refractivity contribution in [1.29, 1.82) is 0 Å². The van der Waals surface area contributed by atoms with E-state index < -0.39 is 0 Å². The molecule has 2 rings (SSSR count). The highest BCUT2D eigenvalue weighted by Gasteiger charge is 2.15. The molecule has 8 heteroatoms. The molecule has 0 bridgehead atoms. The van der Waals surface area contributed by atoms with Gasteiger partial charge < -0.3 is 29.4 Å². The van der Waals surface area contributed by atoms with Crippen molar-refractivity contribution >= 4 is 29.9 Å². The van der Waals surface area contributed by atoms with Crippen LogP contribution in [-0.4, -0.2) is 44.9 Å². The summed E-state index contributed by atoms with van der Waals surface area (Å²) < 4.78 is 18.4. The molecule has 0 aliphatic rings.